The van der Waals surface area contributed by atoms with Crippen LogP contribution in [0.15, 0.2) is 35.9 Å². The Morgan fingerprint density at radius 1 is 1.32 bits per heavy atom. The number of benzene rings is 1. The largest absolute Gasteiger partial charge is 0.507 e. The zero-order valence-corrected chi connectivity index (χ0v) is 14.2. The summed E-state index contributed by atoms with van der Waals surface area (Å²) < 4.78 is 0. The number of aromatic hydroxyl groups is 2. The van der Waals surface area contributed by atoms with Crippen molar-refractivity contribution in [2.45, 2.75) is 58.8 Å². The van der Waals surface area contributed by atoms with Gasteiger partial charge in [0.05, 0.1) is 0 Å². The first-order chi connectivity index (χ1) is 10.3. The highest BCUT2D eigenvalue weighted by atomic mass is 16.3. The zero-order chi connectivity index (χ0) is 16.5. The van der Waals surface area contributed by atoms with Gasteiger partial charge in [-0.3, -0.25) is 0 Å². The normalized spacial score (nSPS) is 24.9. The van der Waals surface area contributed by atoms with Gasteiger partial charge in [0.1, 0.15) is 11.5 Å². The Morgan fingerprint density at radius 2 is 1.91 bits per heavy atom. The molecule has 0 aromatic heterocycles. The van der Waals surface area contributed by atoms with Gasteiger partial charge in [0.2, 0.25) is 0 Å². The van der Waals surface area contributed by atoms with Gasteiger partial charge in [-0.15, -0.1) is 0 Å². The molecule has 0 unspecified atom stereocenters. The monoisotopic (exact) mass is 300 g/mol. The maximum atomic E-state index is 10.6. The van der Waals surface area contributed by atoms with Gasteiger partial charge in [-0.2, -0.15) is 0 Å². The van der Waals surface area contributed by atoms with E-state index in [-0.39, 0.29) is 17.4 Å². The van der Waals surface area contributed by atoms with Crippen LogP contribution in [-0.2, 0) is 11.8 Å². The SMILES string of the molecule is C=C(C)[C@@H]1CCC(C)=C[C@@]1(C)c1c(O)cc(CCC)cc1O. The summed E-state index contributed by atoms with van der Waals surface area (Å²) in [5.74, 6) is 0.622. The number of hydrogen-bond donors (Lipinski definition) is 2. The molecule has 0 saturated heterocycles. The lowest BCUT2D eigenvalue weighted by molar-refractivity contribution is 0.331. The molecule has 22 heavy (non-hydrogen) atoms. The maximum Gasteiger partial charge on any atom is 0.123 e. The predicted molar refractivity (Wildman–Crippen MR) is 92.4 cm³/mol. The van der Waals surface area contributed by atoms with Crippen LogP contribution in [0.1, 0.15) is 58.1 Å². The Labute approximate surface area is 134 Å². The van der Waals surface area contributed by atoms with Crippen molar-refractivity contribution in [1.82, 2.24) is 0 Å². The highest BCUT2D eigenvalue weighted by Crippen LogP contribution is 2.50. The first-order valence-electron chi connectivity index (χ1n) is 8.18. The van der Waals surface area contributed by atoms with Crippen molar-refractivity contribution in [3.8, 4) is 11.5 Å². The standard InChI is InChI=1S/C20H28O2/c1-6-7-15-10-17(21)19(18(22)11-15)20(5)12-14(4)8-9-16(20)13(2)3/h10-12,16,21-22H,2,6-9H2,1,3-5H3/t16-,20+/m0/s1. The quantitative estimate of drug-likeness (QED) is 0.746. The van der Waals surface area contributed by atoms with Crippen molar-refractivity contribution in [3.63, 3.8) is 0 Å². The van der Waals surface area contributed by atoms with E-state index in [1.54, 1.807) is 12.1 Å². The smallest absolute Gasteiger partial charge is 0.123 e. The minimum atomic E-state index is -0.410. The molecule has 1 aromatic carbocycles. The second-order valence-corrected chi connectivity index (χ2v) is 6.97. The van der Waals surface area contributed by atoms with Crippen molar-refractivity contribution in [2.24, 2.45) is 5.92 Å². The second-order valence-electron chi connectivity index (χ2n) is 6.97. The zero-order valence-electron chi connectivity index (χ0n) is 14.2. The Bertz CT molecular complexity index is 589. The van der Waals surface area contributed by atoms with E-state index in [9.17, 15) is 10.2 Å². The molecular weight excluding hydrogens is 272 g/mol. The molecule has 120 valence electrons. The van der Waals surface area contributed by atoms with Crippen LogP contribution < -0.4 is 0 Å². The van der Waals surface area contributed by atoms with E-state index >= 15 is 0 Å². The minimum absolute atomic E-state index is 0.197. The van der Waals surface area contributed by atoms with Gasteiger partial charge < -0.3 is 10.2 Å². The minimum Gasteiger partial charge on any atom is -0.507 e. The Kier molecular flexibility index (Phi) is 4.69. The maximum absolute atomic E-state index is 10.6. The second kappa shape index (κ2) is 6.20. The van der Waals surface area contributed by atoms with Crippen LogP contribution in [0.4, 0.5) is 0 Å². The van der Waals surface area contributed by atoms with Gasteiger partial charge in [-0.1, -0.05) is 44.1 Å². The number of aryl methyl sites for hydroxylation is 1. The summed E-state index contributed by atoms with van der Waals surface area (Å²) >= 11 is 0. The third-order valence-electron chi connectivity index (χ3n) is 4.93. The van der Waals surface area contributed by atoms with Crippen molar-refractivity contribution < 1.29 is 10.2 Å². The molecule has 1 aliphatic carbocycles. The van der Waals surface area contributed by atoms with E-state index in [2.05, 4.69) is 33.4 Å². The molecule has 0 radical (unpaired) electrons. The summed E-state index contributed by atoms with van der Waals surface area (Å²) in [6.07, 6.45) is 6.09. The molecule has 1 aromatic rings. The number of phenolic OH excluding ortho intramolecular Hbond substituents is 2. The topological polar surface area (TPSA) is 40.5 Å². The van der Waals surface area contributed by atoms with E-state index in [4.69, 9.17) is 0 Å². The van der Waals surface area contributed by atoms with Crippen LogP contribution in [-0.4, -0.2) is 10.2 Å². The lowest BCUT2D eigenvalue weighted by atomic mass is 9.63. The summed E-state index contributed by atoms with van der Waals surface area (Å²) in [6.45, 7) is 12.5. The van der Waals surface area contributed by atoms with Crippen molar-refractivity contribution >= 4 is 0 Å². The molecule has 0 spiro atoms. The molecule has 0 amide bonds. The summed E-state index contributed by atoms with van der Waals surface area (Å²) in [4.78, 5) is 0. The van der Waals surface area contributed by atoms with Gasteiger partial charge in [-0.25, -0.2) is 0 Å². The van der Waals surface area contributed by atoms with E-state index in [0.29, 0.717) is 5.56 Å². The van der Waals surface area contributed by atoms with Crippen LogP contribution in [0, 0.1) is 5.92 Å². The van der Waals surface area contributed by atoms with Crippen LogP contribution >= 0.6 is 0 Å². The van der Waals surface area contributed by atoms with Gasteiger partial charge in [-0.05, 0) is 56.7 Å². The molecule has 0 bridgehead atoms. The first kappa shape index (κ1) is 16.7. The first-order valence-corrected chi connectivity index (χ1v) is 8.18. The molecule has 2 atom stereocenters. The fourth-order valence-electron chi connectivity index (χ4n) is 4.01. The third kappa shape index (κ3) is 2.92. The number of hydrogen-bond acceptors (Lipinski definition) is 2. The highest BCUT2D eigenvalue weighted by Gasteiger charge is 2.40. The average Bonchev–Trinajstić information content (AvgIpc) is 2.36. The summed E-state index contributed by atoms with van der Waals surface area (Å²) in [5.41, 5.74) is 3.61. The number of rotatable bonds is 4. The van der Waals surface area contributed by atoms with E-state index < -0.39 is 5.41 Å². The van der Waals surface area contributed by atoms with Crippen LogP contribution in [0.25, 0.3) is 0 Å². The highest BCUT2D eigenvalue weighted by molar-refractivity contribution is 5.54. The predicted octanol–water partition coefficient (Wildman–Crippen LogP) is 5.24. The lowest BCUT2D eigenvalue weighted by Crippen LogP contribution is -2.34. The van der Waals surface area contributed by atoms with Crippen molar-refractivity contribution in [1.29, 1.82) is 0 Å². The van der Waals surface area contributed by atoms with Crippen LogP contribution in [0.2, 0.25) is 0 Å². The summed E-state index contributed by atoms with van der Waals surface area (Å²) in [6, 6.07) is 3.61. The van der Waals surface area contributed by atoms with Crippen LogP contribution in [0.5, 0.6) is 11.5 Å². The molecule has 2 nitrogen and oxygen atoms in total. The molecule has 0 saturated carbocycles. The van der Waals surface area contributed by atoms with E-state index in [1.807, 2.05) is 6.92 Å². The lowest BCUT2D eigenvalue weighted by Gasteiger charge is -2.41. The number of phenols is 2. The van der Waals surface area contributed by atoms with E-state index in [1.165, 1.54) is 5.57 Å². The molecule has 2 N–H and O–H groups in total. The molecule has 1 aliphatic rings. The number of allylic oxidation sites excluding steroid dienone is 3. The van der Waals surface area contributed by atoms with Gasteiger partial charge in [0, 0.05) is 11.0 Å². The van der Waals surface area contributed by atoms with Gasteiger partial charge in [0.25, 0.3) is 0 Å². The molecular formula is C20H28O2. The van der Waals surface area contributed by atoms with Crippen LogP contribution in [0.3, 0.4) is 0 Å². The molecule has 2 rings (SSSR count). The molecule has 0 fully saturated rings. The van der Waals surface area contributed by atoms with Crippen molar-refractivity contribution in [2.75, 3.05) is 0 Å². The average molecular weight is 300 g/mol. The molecule has 0 heterocycles. The summed E-state index contributed by atoms with van der Waals surface area (Å²) in [5, 5.41) is 21.2. The molecule has 0 aliphatic heterocycles. The van der Waals surface area contributed by atoms with Gasteiger partial charge in [0.15, 0.2) is 0 Å². The fourth-order valence-corrected chi connectivity index (χ4v) is 4.01. The van der Waals surface area contributed by atoms with E-state index in [0.717, 1.165) is 36.8 Å². The summed E-state index contributed by atoms with van der Waals surface area (Å²) in [7, 11) is 0. The van der Waals surface area contributed by atoms with Crippen molar-refractivity contribution in [3.05, 3.63) is 47.1 Å². The Morgan fingerprint density at radius 3 is 2.41 bits per heavy atom. The fraction of sp³-hybridized carbons (Fsp3) is 0.500. The Balaban J connectivity index is 2.61. The van der Waals surface area contributed by atoms with Gasteiger partial charge >= 0.3 is 0 Å². The Hall–Kier alpha value is -1.70. The third-order valence-corrected chi connectivity index (χ3v) is 4.93. The molecule has 2 heteroatoms.